The number of hydrogen-bond acceptors (Lipinski definition) is 7. The van der Waals surface area contributed by atoms with Crippen LogP contribution in [0.5, 0.6) is 5.75 Å². The molecule has 0 unspecified atom stereocenters. The second kappa shape index (κ2) is 7.32. The number of nitrogens with zero attached hydrogens (tertiary/aromatic N) is 5. The van der Waals surface area contributed by atoms with Gasteiger partial charge in [0.1, 0.15) is 10.8 Å². The highest BCUT2D eigenvalue weighted by molar-refractivity contribution is 7.15. The second-order valence-electron chi connectivity index (χ2n) is 6.32. The Morgan fingerprint density at radius 3 is 2.74 bits per heavy atom. The number of ether oxygens (including phenoxy) is 1. The van der Waals surface area contributed by atoms with Crippen molar-refractivity contribution in [3.8, 4) is 5.75 Å². The Morgan fingerprint density at radius 1 is 1.15 bits per heavy atom. The highest BCUT2D eigenvalue weighted by Gasteiger charge is 2.10. The molecule has 7 nitrogen and oxygen atoms in total. The molecular formula is C19H20N6OS. The van der Waals surface area contributed by atoms with E-state index in [0.717, 1.165) is 44.9 Å². The van der Waals surface area contributed by atoms with Crippen LogP contribution in [0.2, 0.25) is 0 Å². The number of benzene rings is 1. The molecule has 0 bridgehead atoms. The molecule has 4 rings (SSSR count). The summed E-state index contributed by atoms with van der Waals surface area (Å²) in [6.07, 6.45) is 2.60. The van der Waals surface area contributed by atoms with Gasteiger partial charge in [0, 0.05) is 29.9 Å². The standard InChI is InChI=1S/C19H20N6OS/c1-12-8-13(2)25-18(22-12)15(11-21-25)10-20-19-24-23-17(27-19)9-14-4-6-16(26-3)7-5-14/h4-8,11H,9-10H2,1-3H3,(H,20,24). The largest absolute Gasteiger partial charge is 0.497 e. The lowest BCUT2D eigenvalue weighted by Gasteiger charge is -2.03. The van der Waals surface area contributed by atoms with E-state index in [4.69, 9.17) is 4.74 Å². The molecule has 4 aromatic rings. The van der Waals surface area contributed by atoms with E-state index in [1.807, 2.05) is 54.9 Å². The molecule has 0 aliphatic carbocycles. The first kappa shape index (κ1) is 17.4. The van der Waals surface area contributed by atoms with Crippen LogP contribution in [0.15, 0.2) is 36.5 Å². The molecule has 0 aliphatic heterocycles. The number of anilines is 1. The monoisotopic (exact) mass is 380 g/mol. The lowest BCUT2D eigenvalue weighted by atomic mass is 10.1. The van der Waals surface area contributed by atoms with Gasteiger partial charge < -0.3 is 10.1 Å². The van der Waals surface area contributed by atoms with Crippen LogP contribution in [0.3, 0.4) is 0 Å². The first-order valence-corrected chi connectivity index (χ1v) is 9.44. The van der Waals surface area contributed by atoms with E-state index < -0.39 is 0 Å². The van der Waals surface area contributed by atoms with Crippen molar-refractivity contribution in [2.75, 3.05) is 12.4 Å². The van der Waals surface area contributed by atoms with Crippen molar-refractivity contribution in [1.29, 1.82) is 0 Å². The van der Waals surface area contributed by atoms with Gasteiger partial charge in [-0.1, -0.05) is 23.5 Å². The van der Waals surface area contributed by atoms with Crippen LogP contribution in [0.25, 0.3) is 5.65 Å². The van der Waals surface area contributed by atoms with Crippen molar-refractivity contribution < 1.29 is 4.74 Å². The van der Waals surface area contributed by atoms with Crippen molar-refractivity contribution in [2.45, 2.75) is 26.8 Å². The van der Waals surface area contributed by atoms with Crippen LogP contribution in [-0.4, -0.2) is 31.9 Å². The molecule has 138 valence electrons. The van der Waals surface area contributed by atoms with Gasteiger partial charge in [0.05, 0.1) is 13.3 Å². The van der Waals surface area contributed by atoms with Gasteiger partial charge in [-0.2, -0.15) is 5.10 Å². The highest BCUT2D eigenvalue weighted by Crippen LogP contribution is 2.21. The number of rotatable bonds is 6. The van der Waals surface area contributed by atoms with E-state index in [1.54, 1.807) is 18.4 Å². The Hall–Kier alpha value is -3.00. The predicted octanol–water partition coefficient (Wildman–Crippen LogP) is 3.41. The van der Waals surface area contributed by atoms with Crippen molar-refractivity contribution in [3.05, 3.63) is 64.1 Å². The average molecular weight is 380 g/mol. The Balaban J connectivity index is 1.44. The molecule has 3 heterocycles. The van der Waals surface area contributed by atoms with Gasteiger partial charge in [0.15, 0.2) is 5.65 Å². The SMILES string of the molecule is COc1ccc(Cc2nnc(NCc3cnn4c(C)cc(C)nc34)s2)cc1. The highest BCUT2D eigenvalue weighted by atomic mass is 32.1. The molecular weight excluding hydrogens is 360 g/mol. The van der Waals surface area contributed by atoms with Gasteiger partial charge in [0.2, 0.25) is 5.13 Å². The summed E-state index contributed by atoms with van der Waals surface area (Å²) in [5, 5.41) is 18.0. The fraction of sp³-hybridized carbons (Fsp3) is 0.263. The van der Waals surface area contributed by atoms with Crippen LogP contribution in [-0.2, 0) is 13.0 Å². The first-order chi connectivity index (χ1) is 13.1. The number of methoxy groups -OCH3 is 1. The molecule has 0 radical (unpaired) electrons. The Kier molecular flexibility index (Phi) is 4.72. The fourth-order valence-corrected chi connectivity index (χ4v) is 3.70. The molecule has 0 saturated carbocycles. The molecule has 0 spiro atoms. The van der Waals surface area contributed by atoms with E-state index in [-0.39, 0.29) is 0 Å². The molecule has 0 amide bonds. The molecule has 0 saturated heterocycles. The Bertz CT molecular complexity index is 1070. The second-order valence-corrected chi connectivity index (χ2v) is 7.39. The summed E-state index contributed by atoms with van der Waals surface area (Å²) in [7, 11) is 1.67. The van der Waals surface area contributed by atoms with Crippen molar-refractivity contribution in [1.82, 2.24) is 24.8 Å². The summed E-state index contributed by atoms with van der Waals surface area (Å²) in [6, 6.07) is 10.0. The summed E-state index contributed by atoms with van der Waals surface area (Å²) in [6.45, 7) is 4.63. The molecule has 1 aromatic carbocycles. The summed E-state index contributed by atoms with van der Waals surface area (Å²) < 4.78 is 7.05. The minimum absolute atomic E-state index is 0.608. The minimum atomic E-state index is 0.608. The number of nitrogens with one attached hydrogen (secondary N) is 1. The van der Waals surface area contributed by atoms with E-state index in [2.05, 4.69) is 25.6 Å². The molecule has 3 aromatic heterocycles. The lowest BCUT2D eigenvalue weighted by molar-refractivity contribution is 0.414. The van der Waals surface area contributed by atoms with Crippen LogP contribution in [0.4, 0.5) is 5.13 Å². The number of aryl methyl sites for hydroxylation is 2. The van der Waals surface area contributed by atoms with Crippen LogP contribution < -0.4 is 10.1 Å². The van der Waals surface area contributed by atoms with Gasteiger partial charge in [0.25, 0.3) is 0 Å². The molecule has 0 fully saturated rings. The summed E-state index contributed by atoms with van der Waals surface area (Å²) in [5.41, 5.74) is 5.15. The number of aromatic nitrogens is 5. The molecule has 8 heteroatoms. The molecule has 0 aliphatic rings. The maximum absolute atomic E-state index is 5.19. The summed E-state index contributed by atoms with van der Waals surface area (Å²) >= 11 is 1.56. The van der Waals surface area contributed by atoms with Crippen LogP contribution in [0, 0.1) is 13.8 Å². The predicted molar refractivity (Wildman–Crippen MR) is 105 cm³/mol. The molecule has 27 heavy (non-hydrogen) atoms. The third kappa shape index (κ3) is 3.75. The van der Waals surface area contributed by atoms with Crippen molar-refractivity contribution >= 4 is 22.1 Å². The third-order valence-corrected chi connectivity index (χ3v) is 5.14. The van der Waals surface area contributed by atoms with Gasteiger partial charge in [-0.15, -0.1) is 10.2 Å². The van der Waals surface area contributed by atoms with E-state index in [0.29, 0.717) is 6.54 Å². The first-order valence-electron chi connectivity index (χ1n) is 8.62. The van der Waals surface area contributed by atoms with Crippen molar-refractivity contribution in [2.24, 2.45) is 0 Å². The third-order valence-electron chi connectivity index (χ3n) is 4.26. The van der Waals surface area contributed by atoms with E-state index in [9.17, 15) is 0 Å². The van der Waals surface area contributed by atoms with Gasteiger partial charge in [-0.25, -0.2) is 9.50 Å². The topological polar surface area (TPSA) is 77.2 Å². The lowest BCUT2D eigenvalue weighted by Crippen LogP contribution is -2.02. The quantitative estimate of drug-likeness (QED) is 0.552. The molecule has 1 N–H and O–H groups in total. The van der Waals surface area contributed by atoms with Gasteiger partial charge in [-0.3, -0.25) is 0 Å². The average Bonchev–Trinajstić information content (AvgIpc) is 3.27. The Morgan fingerprint density at radius 2 is 1.96 bits per heavy atom. The Labute approximate surface area is 161 Å². The van der Waals surface area contributed by atoms with Crippen molar-refractivity contribution in [3.63, 3.8) is 0 Å². The minimum Gasteiger partial charge on any atom is -0.497 e. The zero-order valence-corrected chi connectivity index (χ0v) is 16.2. The zero-order valence-electron chi connectivity index (χ0n) is 15.4. The van der Waals surface area contributed by atoms with Crippen LogP contribution in [0.1, 0.15) is 27.5 Å². The van der Waals surface area contributed by atoms with Gasteiger partial charge in [-0.05, 0) is 37.6 Å². The molecule has 0 atom stereocenters. The number of fused-ring (bicyclic) bond motifs is 1. The van der Waals surface area contributed by atoms with E-state index >= 15 is 0 Å². The summed E-state index contributed by atoms with van der Waals surface area (Å²) in [5.74, 6) is 0.853. The smallest absolute Gasteiger partial charge is 0.205 e. The van der Waals surface area contributed by atoms with Crippen LogP contribution >= 0.6 is 11.3 Å². The maximum atomic E-state index is 5.19. The fourth-order valence-electron chi connectivity index (χ4n) is 2.93. The summed E-state index contributed by atoms with van der Waals surface area (Å²) in [4.78, 5) is 4.60. The van der Waals surface area contributed by atoms with Gasteiger partial charge >= 0.3 is 0 Å². The normalized spacial score (nSPS) is 11.1. The van der Waals surface area contributed by atoms with E-state index in [1.165, 1.54) is 5.56 Å². The number of hydrogen-bond donors (Lipinski definition) is 1. The zero-order chi connectivity index (χ0) is 18.8. The maximum Gasteiger partial charge on any atom is 0.205 e.